The molecule has 34 heavy (non-hydrogen) atoms. The number of anilines is 1. The maximum absolute atomic E-state index is 12.5. The quantitative estimate of drug-likeness (QED) is 0.245. The average molecular weight is 583 g/mol. The van der Waals surface area contributed by atoms with Crippen LogP contribution in [0.15, 0.2) is 52.6 Å². The van der Waals surface area contributed by atoms with Crippen LogP contribution in [0.2, 0.25) is 10.0 Å². The SMILES string of the molecule is C=CCn1c(CNC(=O)c2ccc(Cl)cc2Cl)nnc1SCC(=O)Nc1cc(C)c(C)cc1Br. The Morgan fingerprint density at radius 2 is 1.91 bits per heavy atom. The first-order valence-corrected chi connectivity index (χ1v) is 12.7. The van der Waals surface area contributed by atoms with E-state index in [0.717, 1.165) is 15.6 Å². The van der Waals surface area contributed by atoms with Crippen LogP contribution in [0, 0.1) is 13.8 Å². The largest absolute Gasteiger partial charge is 0.345 e. The molecule has 1 heterocycles. The highest BCUT2D eigenvalue weighted by atomic mass is 79.9. The van der Waals surface area contributed by atoms with E-state index < -0.39 is 0 Å². The predicted octanol–water partition coefficient (Wildman–Crippen LogP) is 5.81. The van der Waals surface area contributed by atoms with Crippen LogP contribution >= 0.6 is 50.9 Å². The summed E-state index contributed by atoms with van der Waals surface area (Å²) in [4.78, 5) is 25.0. The van der Waals surface area contributed by atoms with Gasteiger partial charge >= 0.3 is 0 Å². The predicted molar refractivity (Wildman–Crippen MR) is 141 cm³/mol. The third-order valence-corrected chi connectivity index (χ3v) is 7.05. The van der Waals surface area contributed by atoms with Crippen LogP contribution in [0.1, 0.15) is 27.3 Å². The van der Waals surface area contributed by atoms with Crippen molar-refractivity contribution >= 4 is 68.4 Å². The van der Waals surface area contributed by atoms with Crippen molar-refractivity contribution in [3.63, 3.8) is 0 Å². The Balaban J connectivity index is 1.64. The van der Waals surface area contributed by atoms with Crippen LogP contribution in [0.3, 0.4) is 0 Å². The van der Waals surface area contributed by atoms with Crippen molar-refractivity contribution in [1.29, 1.82) is 0 Å². The van der Waals surface area contributed by atoms with E-state index in [1.54, 1.807) is 22.8 Å². The van der Waals surface area contributed by atoms with Gasteiger partial charge in [0.15, 0.2) is 11.0 Å². The lowest BCUT2D eigenvalue weighted by molar-refractivity contribution is -0.113. The highest BCUT2D eigenvalue weighted by molar-refractivity contribution is 9.10. The molecule has 0 saturated heterocycles. The van der Waals surface area contributed by atoms with Crippen molar-refractivity contribution < 1.29 is 9.59 Å². The van der Waals surface area contributed by atoms with E-state index in [1.807, 2.05) is 26.0 Å². The van der Waals surface area contributed by atoms with Crippen LogP contribution < -0.4 is 10.6 Å². The second kappa shape index (κ2) is 11.9. The Hall–Kier alpha value is -2.33. The average Bonchev–Trinajstić information content (AvgIpc) is 3.16. The number of aromatic nitrogens is 3. The fourth-order valence-electron chi connectivity index (χ4n) is 2.99. The number of nitrogens with one attached hydrogen (secondary N) is 2. The molecule has 2 N–H and O–H groups in total. The minimum atomic E-state index is -0.359. The number of amides is 2. The molecule has 2 aromatic carbocycles. The molecule has 0 radical (unpaired) electrons. The zero-order valence-electron chi connectivity index (χ0n) is 18.5. The molecule has 178 valence electrons. The summed E-state index contributed by atoms with van der Waals surface area (Å²) in [5, 5.41) is 15.3. The van der Waals surface area contributed by atoms with E-state index in [1.165, 1.54) is 17.8 Å². The minimum absolute atomic E-state index is 0.126. The molecule has 0 aliphatic carbocycles. The van der Waals surface area contributed by atoms with Crippen molar-refractivity contribution in [2.45, 2.75) is 32.1 Å². The molecule has 1 aromatic heterocycles. The lowest BCUT2D eigenvalue weighted by atomic mass is 10.1. The van der Waals surface area contributed by atoms with Crippen LogP contribution in [-0.2, 0) is 17.9 Å². The molecule has 7 nitrogen and oxygen atoms in total. The van der Waals surface area contributed by atoms with Crippen LogP contribution in [-0.4, -0.2) is 32.3 Å². The van der Waals surface area contributed by atoms with Gasteiger partial charge in [-0.05, 0) is 71.2 Å². The monoisotopic (exact) mass is 581 g/mol. The van der Waals surface area contributed by atoms with Crippen LogP contribution in [0.4, 0.5) is 5.69 Å². The fourth-order valence-corrected chi connectivity index (χ4v) is 4.81. The summed E-state index contributed by atoms with van der Waals surface area (Å²) < 4.78 is 2.61. The normalized spacial score (nSPS) is 10.7. The summed E-state index contributed by atoms with van der Waals surface area (Å²) in [6.45, 7) is 8.32. The molecule has 0 atom stereocenters. The number of benzene rings is 2. The van der Waals surface area contributed by atoms with E-state index in [2.05, 4.69) is 43.3 Å². The maximum atomic E-state index is 12.5. The van der Waals surface area contributed by atoms with Gasteiger partial charge in [-0.3, -0.25) is 9.59 Å². The molecule has 0 saturated carbocycles. The summed E-state index contributed by atoms with van der Waals surface area (Å²) >= 11 is 16.7. The molecule has 0 fully saturated rings. The number of nitrogens with zero attached hydrogens (tertiary/aromatic N) is 3. The van der Waals surface area contributed by atoms with Gasteiger partial charge in [0, 0.05) is 16.0 Å². The van der Waals surface area contributed by atoms with E-state index in [4.69, 9.17) is 23.2 Å². The topological polar surface area (TPSA) is 88.9 Å². The lowest BCUT2D eigenvalue weighted by Gasteiger charge is -2.11. The Morgan fingerprint density at radius 1 is 1.18 bits per heavy atom. The number of hydrogen-bond acceptors (Lipinski definition) is 5. The second-order valence-corrected chi connectivity index (χ2v) is 10.00. The van der Waals surface area contributed by atoms with Crippen molar-refractivity contribution in [2.75, 3.05) is 11.1 Å². The molecule has 0 unspecified atom stereocenters. The van der Waals surface area contributed by atoms with E-state index in [-0.39, 0.29) is 29.1 Å². The number of halogens is 3. The Kier molecular flexibility index (Phi) is 9.18. The van der Waals surface area contributed by atoms with Gasteiger partial charge in [-0.2, -0.15) is 0 Å². The molecule has 0 aliphatic heterocycles. The summed E-state index contributed by atoms with van der Waals surface area (Å²) in [5.74, 6) is 0.135. The highest BCUT2D eigenvalue weighted by Crippen LogP contribution is 2.27. The number of hydrogen-bond donors (Lipinski definition) is 2. The van der Waals surface area contributed by atoms with Gasteiger partial charge in [-0.25, -0.2) is 0 Å². The third-order valence-electron chi connectivity index (χ3n) is 4.88. The van der Waals surface area contributed by atoms with Crippen molar-refractivity contribution in [2.24, 2.45) is 0 Å². The zero-order valence-corrected chi connectivity index (χ0v) is 22.4. The van der Waals surface area contributed by atoms with E-state index >= 15 is 0 Å². The summed E-state index contributed by atoms with van der Waals surface area (Å²) in [5.41, 5.74) is 3.24. The molecule has 0 aliphatic rings. The van der Waals surface area contributed by atoms with Gasteiger partial charge in [0.2, 0.25) is 5.91 Å². The minimum Gasteiger partial charge on any atom is -0.345 e. The van der Waals surface area contributed by atoms with Gasteiger partial charge in [0.25, 0.3) is 5.91 Å². The second-order valence-electron chi connectivity index (χ2n) is 7.36. The molecule has 3 rings (SSSR count). The zero-order chi connectivity index (χ0) is 24.8. The number of rotatable bonds is 9. The number of allylic oxidation sites excluding steroid dienone is 1. The third kappa shape index (κ3) is 6.63. The molecule has 0 spiro atoms. The molecule has 2 amide bonds. The number of carbonyl (C=O) groups is 2. The van der Waals surface area contributed by atoms with Crippen molar-refractivity contribution in [3.8, 4) is 0 Å². The molecular formula is C23H22BrCl2N5O2S. The first kappa shape index (κ1) is 26.3. The highest BCUT2D eigenvalue weighted by Gasteiger charge is 2.16. The Labute approximate surface area is 220 Å². The Bertz CT molecular complexity index is 1250. The van der Waals surface area contributed by atoms with Crippen molar-refractivity contribution in [3.05, 3.63) is 80.0 Å². The number of carbonyl (C=O) groups excluding carboxylic acids is 2. The summed E-state index contributed by atoms with van der Waals surface area (Å²) in [6, 6.07) is 8.56. The van der Waals surface area contributed by atoms with Gasteiger partial charge in [-0.1, -0.05) is 41.0 Å². The molecular weight excluding hydrogens is 561 g/mol. The molecule has 11 heteroatoms. The van der Waals surface area contributed by atoms with Gasteiger partial charge in [0.05, 0.1) is 28.6 Å². The first-order chi connectivity index (χ1) is 16.2. The van der Waals surface area contributed by atoms with Crippen LogP contribution in [0.5, 0.6) is 0 Å². The standard InChI is InChI=1S/C23H22BrCl2N5O2S/c1-4-7-31-20(11-27-22(33)16-6-5-15(25)10-18(16)26)29-30-23(31)34-12-21(32)28-19-9-14(3)13(2)8-17(19)24/h4-6,8-10H,1,7,11-12H2,2-3H3,(H,27,33)(H,28,32). The summed E-state index contributed by atoms with van der Waals surface area (Å²) in [6.07, 6.45) is 1.70. The van der Waals surface area contributed by atoms with E-state index in [0.29, 0.717) is 33.8 Å². The van der Waals surface area contributed by atoms with Gasteiger partial charge in [0.1, 0.15) is 0 Å². The first-order valence-electron chi connectivity index (χ1n) is 10.1. The van der Waals surface area contributed by atoms with Crippen molar-refractivity contribution in [1.82, 2.24) is 20.1 Å². The Morgan fingerprint density at radius 3 is 2.62 bits per heavy atom. The lowest BCUT2D eigenvalue weighted by Crippen LogP contribution is -2.25. The van der Waals surface area contributed by atoms with Gasteiger partial charge in [-0.15, -0.1) is 16.8 Å². The number of aryl methyl sites for hydroxylation is 2. The maximum Gasteiger partial charge on any atom is 0.253 e. The molecule has 0 bridgehead atoms. The molecule has 3 aromatic rings. The van der Waals surface area contributed by atoms with E-state index in [9.17, 15) is 9.59 Å². The smallest absolute Gasteiger partial charge is 0.253 e. The summed E-state index contributed by atoms with van der Waals surface area (Å²) in [7, 11) is 0. The number of thioether (sulfide) groups is 1. The van der Waals surface area contributed by atoms with Gasteiger partial charge < -0.3 is 15.2 Å². The van der Waals surface area contributed by atoms with Crippen LogP contribution in [0.25, 0.3) is 0 Å². The fraction of sp³-hybridized carbons (Fsp3) is 0.217.